The van der Waals surface area contributed by atoms with Crippen LogP contribution in [0, 0.1) is 17.6 Å². The molecule has 4 rings (SSSR count). The Bertz CT molecular complexity index is 1340. The number of hydrogen-bond donors (Lipinski definition) is 2. The van der Waals surface area contributed by atoms with Crippen LogP contribution >= 0.6 is 0 Å². The van der Waals surface area contributed by atoms with E-state index < -0.39 is 35.3 Å². The van der Waals surface area contributed by atoms with Crippen molar-refractivity contribution in [1.82, 2.24) is 20.6 Å². The number of halogens is 2. The molecule has 1 fully saturated rings. The third-order valence-electron chi connectivity index (χ3n) is 5.38. The molecule has 0 aliphatic carbocycles. The molecule has 2 N–H and O–H groups in total. The summed E-state index contributed by atoms with van der Waals surface area (Å²) in [5.41, 5.74) is 4.00. The van der Waals surface area contributed by atoms with Gasteiger partial charge < -0.3 is 4.90 Å². The molecule has 1 aliphatic heterocycles. The number of aromatic nitrogens is 2. The fraction of sp³-hybridized carbons (Fsp3) is 0.227. The number of anilines is 1. The Hall–Kier alpha value is -4.15. The molecule has 0 saturated carbocycles. The van der Waals surface area contributed by atoms with Crippen molar-refractivity contribution < 1.29 is 23.2 Å². The third kappa shape index (κ3) is 4.16. The van der Waals surface area contributed by atoms with Crippen LogP contribution in [0.5, 0.6) is 0 Å². The zero-order valence-corrected chi connectivity index (χ0v) is 17.5. The highest BCUT2D eigenvalue weighted by Crippen LogP contribution is 2.28. The van der Waals surface area contributed by atoms with Crippen LogP contribution in [-0.4, -0.2) is 34.0 Å². The first-order chi connectivity index (χ1) is 15.8. The molecule has 9 nitrogen and oxygen atoms in total. The van der Waals surface area contributed by atoms with Crippen LogP contribution in [0.4, 0.5) is 14.5 Å². The van der Waals surface area contributed by atoms with Crippen molar-refractivity contribution in [1.29, 1.82) is 0 Å². The predicted octanol–water partition coefficient (Wildman–Crippen LogP) is 1.51. The maximum absolute atomic E-state index is 14.0. The number of nitrogens with zero attached hydrogens (tertiary/aromatic N) is 3. The van der Waals surface area contributed by atoms with E-state index in [1.165, 1.54) is 0 Å². The summed E-state index contributed by atoms with van der Waals surface area (Å²) in [5.74, 6) is -4.47. The number of amides is 3. The van der Waals surface area contributed by atoms with Crippen molar-refractivity contribution in [2.24, 2.45) is 5.92 Å². The number of hydrazine groups is 1. The first-order valence-corrected chi connectivity index (χ1v) is 10.2. The SMILES string of the molecule is CCn1nc(C(=O)NNC(=O)C2CC(=O)N(c3ccc(F)cc3F)C2)c2ccccc2c1=O. The van der Waals surface area contributed by atoms with Crippen molar-refractivity contribution in [3.63, 3.8) is 0 Å². The molecule has 1 aliphatic rings. The summed E-state index contributed by atoms with van der Waals surface area (Å²) >= 11 is 0. The lowest BCUT2D eigenvalue weighted by molar-refractivity contribution is -0.126. The largest absolute Gasteiger partial charge is 0.309 e. The number of rotatable bonds is 4. The molecule has 2 aromatic carbocycles. The Morgan fingerprint density at radius 3 is 2.52 bits per heavy atom. The molecule has 2 heterocycles. The second-order valence-electron chi connectivity index (χ2n) is 7.46. The van der Waals surface area contributed by atoms with Crippen LogP contribution in [0.3, 0.4) is 0 Å². The lowest BCUT2D eigenvalue weighted by atomic mass is 10.1. The normalized spacial score (nSPS) is 15.7. The van der Waals surface area contributed by atoms with Gasteiger partial charge in [-0.2, -0.15) is 5.10 Å². The zero-order chi connectivity index (χ0) is 23.7. The van der Waals surface area contributed by atoms with Gasteiger partial charge >= 0.3 is 0 Å². The van der Waals surface area contributed by atoms with Crippen molar-refractivity contribution in [2.75, 3.05) is 11.4 Å². The lowest BCUT2D eigenvalue weighted by Crippen LogP contribution is -2.46. The van der Waals surface area contributed by atoms with E-state index in [-0.39, 0.29) is 36.5 Å². The van der Waals surface area contributed by atoms with Crippen LogP contribution in [0.2, 0.25) is 0 Å². The molecule has 1 atom stereocenters. The van der Waals surface area contributed by atoms with Gasteiger partial charge in [-0.3, -0.25) is 30.0 Å². The van der Waals surface area contributed by atoms with Gasteiger partial charge in [-0.25, -0.2) is 13.5 Å². The summed E-state index contributed by atoms with van der Waals surface area (Å²) in [4.78, 5) is 51.0. The van der Waals surface area contributed by atoms with Crippen LogP contribution in [0.1, 0.15) is 23.8 Å². The maximum Gasteiger partial charge on any atom is 0.290 e. The van der Waals surface area contributed by atoms with E-state index in [0.717, 1.165) is 21.7 Å². The molecule has 11 heteroatoms. The van der Waals surface area contributed by atoms with Crippen LogP contribution in [0.15, 0.2) is 47.3 Å². The quantitative estimate of drug-likeness (QED) is 0.579. The molecule has 3 aromatic rings. The molecule has 1 aromatic heterocycles. The average Bonchev–Trinajstić information content (AvgIpc) is 3.19. The Balaban J connectivity index is 1.47. The molecule has 1 unspecified atom stereocenters. The Morgan fingerprint density at radius 1 is 1.09 bits per heavy atom. The van der Waals surface area contributed by atoms with E-state index >= 15 is 0 Å². The van der Waals surface area contributed by atoms with E-state index in [0.29, 0.717) is 16.8 Å². The van der Waals surface area contributed by atoms with Crippen molar-refractivity contribution in [2.45, 2.75) is 19.9 Å². The van der Waals surface area contributed by atoms with Gasteiger partial charge in [-0.15, -0.1) is 0 Å². The van der Waals surface area contributed by atoms with Crippen molar-refractivity contribution >= 4 is 34.2 Å². The first-order valence-electron chi connectivity index (χ1n) is 10.2. The Morgan fingerprint density at radius 2 is 1.82 bits per heavy atom. The monoisotopic (exact) mass is 455 g/mol. The number of nitrogens with one attached hydrogen (secondary N) is 2. The summed E-state index contributed by atoms with van der Waals surface area (Å²) < 4.78 is 28.3. The number of fused-ring (bicyclic) bond motifs is 1. The maximum atomic E-state index is 14.0. The summed E-state index contributed by atoms with van der Waals surface area (Å²) in [7, 11) is 0. The summed E-state index contributed by atoms with van der Waals surface area (Å²) in [5, 5.41) is 4.72. The van der Waals surface area contributed by atoms with E-state index in [1.54, 1.807) is 31.2 Å². The fourth-order valence-electron chi connectivity index (χ4n) is 3.71. The number of hydrogen-bond acceptors (Lipinski definition) is 5. The number of aryl methyl sites for hydroxylation is 1. The fourth-order valence-corrected chi connectivity index (χ4v) is 3.71. The molecule has 0 radical (unpaired) electrons. The summed E-state index contributed by atoms with van der Waals surface area (Å²) in [6.07, 6.45) is -0.208. The van der Waals surface area contributed by atoms with Crippen molar-refractivity contribution in [3.05, 3.63) is 70.1 Å². The molecule has 170 valence electrons. The van der Waals surface area contributed by atoms with Gasteiger partial charge in [0.25, 0.3) is 11.5 Å². The van der Waals surface area contributed by atoms with Crippen molar-refractivity contribution in [3.8, 4) is 0 Å². The molecular weight excluding hydrogens is 436 g/mol. The Labute approximate surface area is 186 Å². The van der Waals surface area contributed by atoms with E-state index in [4.69, 9.17) is 0 Å². The summed E-state index contributed by atoms with van der Waals surface area (Å²) in [6.45, 7) is 1.82. The van der Waals surface area contributed by atoms with E-state index in [2.05, 4.69) is 16.0 Å². The second kappa shape index (κ2) is 8.77. The first kappa shape index (κ1) is 22.1. The van der Waals surface area contributed by atoms with E-state index in [9.17, 15) is 28.0 Å². The highest BCUT2D eigenvalue weighted by atomic mass is 19.1. The van der Waals surface area contributed by atoms with Gasteiger partial charge in [0, 0.05) is 31.0 Å². The molecule has 3 amide bonds. The number of carbonyl (C=O) groups excluding carboxylic acids is 3. The predicted molar refractivity (Wildman–Crippen MR) is 114 cm³/mol. The van der Waals surface area contributed by atoms with Gasteiger partial charge in [0.1, 0.15) is 11.6 Å². The standard InChI is InChI=1S/C22H19F2N5O4/c1-2-29-22(33)15-6-4-3-5-14(15)19(27-29)21(32)26-25-20(31)12-9-18(30)28(11-12)17-8-7-13(23)10-16(17)24/h3-8,10,12H,2,9,11H2,1H3,(H,25,31)(H,26,32). The van der Waals surface area contributed by atoms with Gasteiger partial charge in [0.05, 0.1) is 17.0 Å². The lowest BCUT2D eigenvalue weighted by Gasteiger charge is -2.17. The minimum absolute atomic E-state index is 0.0511. The zero-order valence-electron chi connectivity index (χ0n) is 17.5. The van der Waals surface area contributed by atoms with Gasteiger partial charge in [-0.05, 0) is 25.1 Å². The minimum atomic E-state index is -0.915. The molecule has 0 bridgehead atoms. The minimum Gasteiger partial charge on any atom is -0.309 e. The molecule has 33 heavy (non-hydrogen) atoms. The van der Waals surface area contributed by atoms with Gasteiger partial charge in [0.15, 0.2) is 5.69 Å². The smallest absolute Gasteiger partial charge is 0.290 e. The van der Waals surface area contributed by atoms with Crippen LogP contribution < -0.4 is 21.3 Å². The van der Waals surface area contributed by atoms with Gasteiger partial charge in [0.2, 0.25) is 11.8 Å². The van der Waals surface area contributed by atoms with Crippen LogP contribution in [0.25, 0.3) is 10.8 Å². The highest BCUT2D eigenvalue weighted by molar-refractivity contribution is 6.06. The van der Waals surface area contributed by atoms with Crippen LogP contribution in [-0.2, 0) is 16.1 Å². The highest BCUT2D eigenvalue weighted by Gasteiger charge is 2.36. The topological polar surface area (TPSA) is 113 Å². The summed E-state index contributed by atoms with van der Waals surface area (Å²) in [6, 6.07) is 9.28. The molecular formula is C22H19F2N5O4. The second-order valence-corrected chi connectivity index (χ2v) is 7.46. The number of benzene rings is 2. The average molecular weight is 455 g/mol. The third-order valence-corrected chi connectivity index (χ3v) is 5.38. The number of carbonyl (C=O) groups is 3. The Kier molecular flexibility index (Phi) is 5.86. The van der Waals surface area contributed by atoms with E-state index in [1.807, 2.05) is 0 Å². The molecule has 1 saturated heterocycles. The molecule has 0 spiro atoms. The van der Waals surface area contributed by atoms with Gasteiger partial charge in [-0.1, -0.05) is 18.2 Å².